The van der Waals surface area contributed by atoms with Crippen LogP contribution >= 0.6 is 0 Å². The van der Waals surface area contributed by atoms with Crippen LogP contribution in [0.1, 0.15) is 52.4 Å². The van der Waals surface area contributed by atoms with Crippen molar-refractivity contribution in [2.24, 2.45) is 23.2 Å². The van der Waals surface area contributed by atoms with E-state index in [0.29, 0.717) is 17.8 Å². The van der Waals surface area contributed by atoms with Crippen LogP contribution in [0.3, 0.4) is 0 Å². The number of carbonyl (C=O) groups is 2. The monoisotopic (exact) mass is 304 g/mol. The van der Waals surface area contributed by atoms with Gasteiger partial charge in [0.25, 0.3) is 0 Å². The third-order valence-corrected chi connectivity index (χ3v) is 5.70. The topological polar surface area (TPSA) is 79.2 Å². The number of amides is 1. The van der Waals surface area contributed by atoms with Crippen molar-refractivity contribution in [1.29, 1.82) is 5.26 Å². The second-order valence-corrected chi connectivity index (χ2v) is 7.60. The Morgan fingerprint density at radius 1 is 1.14 bits per heavy atom. The Morgan fingerprint density at radius 3 is 2.09 bits per heavy atom. The molecule has 0 spiro atoms. The molecule has 120 valence electrons. The van der Waals surface area contributed by atoms with Crippen molar-refractivity contribution in [3.63, 3.8) is 0 Å². The Labute approximate surface area is 131 Å². The summed E-state index contributed by atoms with van der Waals surface area (Å²) in [5.74, 6) is 1.56. The highest BCUT2D eigenvalue weighted by Gasteiger charge is 2.54. The first kappa shape index (κ1) is 15.3. The highest BCUT2D eigenvalue weighted by Crippen LogP contribution is 2.60. The van der Waals surface area contributed by atoms with Crippen molar-refractivity contribution in [2.75, 3.05) is 0 Å². The molecular weight excluding hydrogens is 280 g/mol. The Kier molecular flexibility index (Phi) is 3.88. The fraction of sp³-hybridized carbons (Fsp3) is 0.824. The molecule has 0 heterocycles. The maximum absolute atomic E-state index is 12.8. The van der Waals surface area contributed by atoms with Gasteiger partial charge in [0.15, 0.2) is 6.10 Å². The molecule has 0 aromatic rings. The molecule has 4 aliphatic carbocycles. The van der Waals surface area contributed by atoms with Crippen molar-refractivity contribution in [3.05, 3.63) is 0 Å². The molecule has 5 heteroatoms. The molecule has 22 heavy (non-hydrogen) atoms. The summed E-state index contributed by atoms with van der Waals surface area (Å²) in [6.45, 7) is 3.15. The lowest BCUT2D eigenvalue weighted by atomic mass is 9.49. The number of hydrogen-bond acceptors (Lipinski definition) is 4. The van der Waals surface area contributed by atoms with Gasteiger partial charge in [-0.1, -0.05) is 0 Å². The third kappa shape index (κ3) is 2.71. The zero-order chi connectivity index (χ0) is 15.9. The van der Waals surface area contributed by atoms with E-state index in [9.17, 15) is 9.59 Å². The van der Waals surface area contributed by atoms with E-state index in [-0.39, 0.29) is 11.3 Å². The van der Waals surface area contributed by atoms with Crippen LogP contribution in [-0.2, 0) is 14.3 Å². The lowest BCUT2D eigenvalue weighted by Gasteiger charge is -2.55. The molecule has 4 aliphatic rings. The standard InChI is InChI=1S/C17H24N2O3/c1-10(9-18)22-15(20)11(2)19-16(21)17-6-12-3-13(7-17)5-14(4-12)8-17/h10-14H,3-8H2,1-2H3,(H,19,21)/t10-,11+,12?,13?,14?,17?/m1/s1. The summed E-state index contributed by atoms with van der Waals surface area (Å²) in [5, 5.41) is 11.5. The average molecular weight is 304 g/mol. The molecule has 0 saturated heterocycles. The van der Waals surface area contributed by atoms with Gasteiger partial charge >= 0.3 is 5.97 Å². The molecule has 4 bridgehead atoms. The molecule has 1 amide bonds. The number of carbonyl (C=O) groups excluding carboxylic acids is 2. The van der Waals surface area contributed by atoms with Crippen LogP contribution in [0.5, 0.6) is 0 Å². The lowest BCUT2D eigenvalue weighted by Crippen LogP contribution is -2.56. The predicted molar refractivity (Wildman–Crippen MR) is 79.4 cm³/mol. The Morgan fingerprint density at radius 2 is 1.64 bits per heavy atom. The second-order valence-electron chi connectivity index (χ2n) is 7.60. The van der Waals surface area contributed by atoms with Crippen molar-refractivity contribution in [1.82, 2.24) is 5.32 Å². The van der Waals surface area contributed by atoms with E-state index < -0.39 is 18.1 Å². The van der Waals surface area contributed by atoms with Gasteiger partial charge < -0.3 is 10.1 Å². The van der Waals surface area contributed by atoms with Gasteiger partial charge in [0.05, 0.1) is 0 Å². The average Bonchev–Trinajstić information content (AvgIpc) is 2.45. The maximum Gasteiger partial charge on any atom is 0.329 e. The Balaban J connectivity index is 1.62. The first-order valence-corrected chi connectivity index (χ1v) is 8.33. The smallest absolute Gasteiger partial charge is 0.329 e. The quantitative estimate of drug-likeness (QED) is 0.807. The number of nitriles is 1. The fourth-order valence-electron chi connectivity index (χ4n) is 5.10. The van der Waals surface area contributed by atoms with Gasteiger partial charge in [-0.3, -0.25) is 4.79 Å². The summed E-state index contributed by atoms with van der Waals surface area (Å²) in [5.41, 5.74) is -0.260. The lowest BCUT2D eigenvalue weighted by molar-refractivity contribution is -0.154. The highest BCUT2D eigenvalue weighted by atomic mass is 16.5. The number of nitrogens with zero attached hydrogens (tertiary/aromatic N) is 1. The SMILES string of the molecule is C[C@H](C#N)OC(=O)[C@H](C)NC(=O)C12CC3CC(CC(C3)C1)C2. The number of hydrogen-bond donors (Lipinski definition) is 1. The van der Waals surface area contributed by atoms with E-state index in [1.54, 1.807) is 6.92 Å². The summed E-state index contributed by atoms with van der Waals surface area (Å²) in [6.07, 6.45) is 5.98. The van der Waals surface area contributed by atoms with Gasteiger partial charge in [0.2, 0.25) is 5.91 Å². The molecule has 4 fully saturated rings. The van der Waals surface area contributed by atoms with Gasteiger partial charge in [0, 0.05) is 5.41 Å². The molecule has 0 aliphatic heterocycles. The summed E-state index contributed by atoms with van der Waals surface area (Å²) in [4.78, 5) is 24.7. The van der Waals surface area contributed by atoms with E-state index in [4.69, 9.17) is 10.00 Å². The minimum absolute atomic E-state index is 0.0145. The molecule has 0 aromatic heterocycles. The normalized spacial score (nSPS) is 38.0. The van der Waals surface area contributed by atoms with Crippen LogP contribution in [0.2, 0.25) is 0 Å². The Hall–Kier alpha value is -1.57. The fourth-order valence-corrected chi connectivity index (χ4v) is 5.10. The highest BCUT2D eigenvalue weighted by molar-refractivity contribution is 5.88. The summed E-state index contributed by atoms with van der Waals surface area (Å²) >= 11 is 0. The number of rotatable bonds is 4. The van der Waals surface area contributed by atoms with E-state index in [1.807, 2.05) is 6.07 Å². The van der Waals surface area contributed by atoms with Crippen LogP contribution < -0.4 is 5.32 Å². The van der Waals surface area contributed by atoms with E-state index >= 15 is 0 Å². The molecular formula is C17H24N2O3. The molecule has 0 radical (unpaired) electrons. The van der Waals surface area contributed by atoms with Crippen molar-refractivity contribution < 1.29 is 14.3 Å². The maximum atomic E-state index is 12.8. The summed E-state index contributed by atoms with van der Waals surface area (Å²) < 4.78 is 4.97. The van der Waals surface area contributed by atoms with Gasteiger partial charge in [-0.15, -0.1) is 0 Å². The Bertz CT molecular complexity index is 487. The summed E-state index contributed by atoms with van der Waals surface area (Å²) in [7, 11) is 0. The van der Waals surface area contributed by atoms with Crippen LogP contribution in [0.4, 0.5) is 0 Å². The van der Waals surface area contributed by atoms with E-state index in [0.717, 1.165) is 19.3 Å². The van der Waals surface area contributed by atoms with Crippen molar-refractivity contribution >= 4 is 11.9 Å². The summed E-state index contributed by atoms with van der Waals surface area (Å²) in [6, 6.07) is 1.16. The molecule has 0 unspecified atom stereocenters. The second kappa shape index (κ2) is 5.57. The van der Waals surface area contributed by atoms with Gasteiger partial charge in [-0.2, -0.15) is 5.26 Å². The van der Waals surface area contributed by atoms with Crippen molar-refractivity contribution in [2.45, 2.75) is 64.5 Å². The molecule has 4 rings (SSSR count). The van der Waals surface area contributed by atoms with Crippen LogP contribution in [0, 0.1) is 34.5 Å². The molecule has 5 nitrogen and oxygen atoms in total. The van der Waals surface area contributed by atoms with Crippen LogP contribution in [0.15, 0.2) is 0 Å². The molecule has 1 N–H and O–H groups in total. The van der Waals surface area contributed by atoms with Gasteiger partial charge in [-0.25, -0.2) is 4.79 Å². The number of nitrogens with one attached hydrogen (secondary N) is 1. The molecule has 4 saturated carbocycles. The first-order valence-electron chi connectivity index (χ1n) is 8.33. The van der Waals surface area contributed by atoms with E-state index in [1.165, 1.54) is 26.2 Å². The largest absolute Gasteiger partial charge is 0.446 e. The molecule has 2 atom stereocenters. The zero-order valence-electron chi connectivity index (χ0n) is 13.3. The van der Waals surface area contributed by atoms with Crippen molar-refractivity contribution in [3.8, 4) is 6.07 Å². The van der Waals surface area contributed by atoms with E-state index in [2.05, 4.69) is 5.32 Å². The minimum atomic E-state index is -0.786. The van der Waals surface area contributed by atoms with Gasteiger partial charge in [-0.05, 0) is 70.1 Å². The van der Waals surface area contributed by atoms with Crippen LogP contribution in [-0.4, -0.2) is 24.0 Å². The minimum Gasteiger partial charge on any atom is -0.446 e. The third-order valence-electron chi connectivity index (χ3n) is 5.70. The predicted octanol–water partition coefficient (Wildman–Crippen LogP) is 2.16. The number of ether oxygens (including phenoxy) is 1. The van der Waals surface area contributed by atoms with Crippen LogP contribution in [0.25, 0.3) is 0 Å². The molecule has 0 aromatic carbocycles. The zero-order valence-corrected chi connectivity index (χ0v) is 13.3. The first-order chi connectivity index (χ1) is 10.4. The van der Waals surface area contributed by atoms with Gasteiger partial charge in [0.1, 0.15) is 12.1 Å². The number of esters is 1.